The van der Waals surface area contributed by atoms with Crippen LogP contribution in [0.1, 0.15) is 22.5 Å². The van der Waals surface area contributed by atoms with E-state index in [0.717, 1.165) is 11.3 Å². The smallest absolute Gasteiger partial charge is 0.261 e. The molecular weight excluding hydrogens is 238 g/mol. The third kappa shape index (κ3) is 2.43. The normalized spacial score (nSPS) is 10.2. The van der Waals surface area contributed by atoms with Crippen LogP contribution in [-0.2, 0) is 0 Å². The number of rotatable bonds is 4. The van der Waals surface area contributed by atoms with E-state index in [2.05, 4.69) is 11.2 Å². The summed E-state index contributed by atoms with van der Waals surface area (Å²) in [4.78, 5) is 12.5. The van der Waals surface area contributed by atoms with E-state index in [-0.39, 0.29) is 5.91 Å². The lowest BCUT2D eigenvalue weighted by Gasteiger charge is -2.00. The molecule has 0 saturated heterocycles. The number of fused-ring (bicyclic) bond motifs is 1. The Morgan fingerprint density at radius 3 is 3.12 bits per heavy atom. The number of unbranched alkanes of at least 4 members (excludes halogenated alkanes) is 1. The molecule has 2 aromatic rings. The Kier molecular flexibility index (Phi) is 3.60. The van der Waals surface area contributed by atoms with Crippen molar-refractivity contribution >= 4 is 38.0 Å². The molecule has 0 atom stereocenters. The van der Waals surface area contributed by atoms with E-state index in [0.29, 0.717) is 13.0 Å². The molecule has 0 bridgehead atoms. The predicted octanol–water partition coefficient (Wildman–Crippen LogP) is 3.11. The summed E-state index contributed by atoms with van der Waals surface area (Å²) in [5.74, 6) is 2.56. The zero-order valence-corrected chi connectivity index (χ0v) is 10.3. The van der Waals surface area contributed by atoms with E-state index in [1.165, 1.54) is 20.7 Å². The molecule has 0 saturated carbocycles. The van der Waals surface area contributed by atoms with Gasteiger partial charge in [0.1, 0.15) is 0 Å². The maximum atomic E-state index is 11.7. The van der Waals surface area contributed by atoms with Crippen molar-refractivity contribution in [3.8, 4) is 12.3 Å². The molecule has 16 heavy (non-hydrogen) atoms. The van der Waals surface area contributed by atoms with Crippen LogP contribution >= 0.6 is 22.7 Å². The molecule has 1 N–H and O–H groups in total. The Morgan fingerprint density at radius 1 is 1.50 bits per heavy atom. The fourth-order valence-corrected chi connectivity index (χ4v) is 3.38. The molecule has 82 valence electrons. The highest BCUT2D eigenvalue weighted by molar-refractivity contribution is 7.27. The summed E-state index contributed by atoms with van der Waals surface area (Å²) < 4.78 is 2.36. The molecule has 0 aliphatic rings. The van der Waals surface area contributed by atoms with Crippen molar-refractivity contribution in [1.29, 1.82) is 0 Å². The summed E-state index contributed by atoms with van der Waals surface area (Å²) >= 11 is 3.20. The second kappa shape index (κ2) is 5.15. The van der Waals surface area contributed by atoms with Crippen LogP contribution < -0.4 is 5.32 Å². The monoisotopic (exact) mass is 249 g/mol. The van der Waals surface area contributed by atoms with Crippen LogP contribution in [0.5, 0.6) is 0 Å². The Labute approximate surface area is 102 Å². The van der Waals surface area contributed by atoms with Gasteiger partial charge in [-0.1, -0.05) is 0 Å². The van der Waals surface area contributed by atoms with Gasteiger partial charge < -0.3 is 5.32 Å². The zero-order chi connectivity index (χ0) is 11.4. The fourth-order valence-electron chi connectivity index (χ4n) is 1.36. The van der Waals surface area contributed by atoms with Gasteiger partial charge >= 0.3 is 0 Å². The molecule has 0 radical (unpaired) electrons. The van der Waals surface area contributed by atoms with Gasteiger partial charge in [-0.15, -0.1) is 35.0 Å². The molecule has 0 unspecified atom stereocenters. The second-order valence-electron chi connectivity index (χ2n) is 3.32. The third-order valence-electron chi connectivity index (χ3n) is 2.15. The highest BCUT2D eigenvalue weighted by atomic mass is 32.1. The molecule has 2 rings (SSSR count). The van der Waals surface area contributed by atoms with E-state index in [1.54, 1.807) is 11.3 Å². The highest BCUT2D eigenvalue weighted by Gasteiger charge is 2.09. The van der Waals surface area contributed by atoms with E-state index in [9.17, 15) is 4.79 Å². The maximum Gasteiger partial charge on any atom is 0.261 e. The first-order valence-electron chi connectivity index (χ1n) is 5.00. The van der Waals surface area contributed by atoms with Gasteiger partial charge in [-0.25, -0.2) is 0 Å². The van der Waals surface area contributed by atoms with Gasteiger partial charge in [0.15, 0.2) is 0 Å². The molecule has 2 heterocycles. The van der Waals surface area contributed by atoms with E-state index >= 15 is 0 Å². The number of thiophene rings is 2. The molecule has 0 aromatic carbocycles. The quantitative estimate of drug-likeness (QED) is 0.654. The van der Waals surface area contributed by atoms with Gasteiger partial charge in [0, 0.05) is 22.4 Å². The summed E-state index contributed by atoms with van der Waals surface area (Å²) in [6, 6.07) is 3.99. The lowest BCUT2D eigenvalue weighted by Crippen LogP contribution is -2.23. The van der Waals surface area contributed by atoms with E-state index in [4.69, 9.17) is 6.42 Å². The lowest BCUT2D eigenvalue weighted by molar-refractivity contribution is 0.0957. The predicted molar refractivity (Wildman–Crippen MR) is 70.1 cm³/mol. The van der Waals surface area contributed by atoms with Crippen LogP contribution in [0, 0.1) is 12.3 Å². The van der Waals surface area contributed by atoms with Gasteiger partial charge in [-0.05, 0) is 23.9 Å². The number of nitrogens with one attached hydrogen (secondary N) is 1. The first kappa shape index (κ1) is 11.2. The van der Waals surface area contributed by atoms with Crippen LogP contribution in [0.2, 0.25) is 0 Å². The number of carbonyl (C=O) groups is 1. The van der Waals surface area contributed by atoms with Crippen molar-refractivity contribution in [3.63, 3.8) is 0 Å². The maximum absolute atomic E-state index is 11.7. The summed E-state index contributed by atoms with van der Waals surface area (Å²) in [6.45, 7) is 0.647. The minimum absolute atomic E-state index is 0.00502. The second-order valence-corrected chi connectivity index (χ2v) is 5.35. The molecule has 0 aliphatic heterocycles. The molecule has 2 aromatic heterocycles. The number of carbonyl (C=O) groups excluding carboxylic acids is 1. The van der Waals surface area contributed by atoms with Crippen LogP contribution in [-0.4, -0.2) is 12.5 Å². The molecule has 1 amide bonds. The van der Waals surface area contributed by atoms with Gasteiger partial charge in [0.25, 0.3) is 5.91 Å². The number of hydrogen-bond acceptors (Lipinski definition) is 3. The van der Waals surface area contributed by atoms with Crippen molar-refractivity contribution < 1.29 is 4.79 Å². The SMILES string of the molecule is C#CCCCNC(=O)c1cc2sccc2s1. The summed E-state index contributed by atoms with van der Waals surface area (Å²) in [5, 5.41) is 4.90. The Bertz CT molecular complexity index is 504. The number of terminal acetylenes is 1. The fraction of sp³-hybridized carbons (Fsp3) is 0.250. The average Bonchev–Trinajstić information content (AvgIpc) is 2.83. The zero-order valence-electron chi connectivity index (χ0n) is 8.66. The van der Waals surface area contributed by atoms with Crippen molar-refractivity contribution in [2.75, 3.05) is 6.54 Å². The van der Waals surface area contributed by atoms with Gasteiger partial charge in [0.2, 0.25) is 0 Å². The summed E-state index contributed by atoms with van der Waals surface area (Å²) in [7, 11) is 0. The van der Waals surface area contributed by atoms with Crippen LogP contribution in [0.25, 0.3) is 9.40 Å². The van der Waals surface area contributed by atoms with E-state index in [1.807, 2.05) is 17.5 Å². The van der Waals surface area contributed by atoms with Crippen molar-refractivity contribution in [1.82, 2.24) is 5.32 Å². The number of amides is 1. The van der Waals surface area contributed by atoms with Crippen LogP contribution in [0.15, 0.2) is 17.5 Å². The topological polar surface area (TPSA) is 29.1 Å². The van der Waals surface area contributed by atoms with Gasteiger partial charge in [-0.3, -0.25) is 4.79 Å². The van der Waals surface area contributed by atoms with Crippen LogP contribution in [0.3, 0.4) is 0 Å². The molecular formula is C12H11NOS2. The van der Waals surface area contributed by atoms with Crippen molar-refractivity contribution in [2.24, 2.45) is 0 Å². The molecule has 2 nitrogen and oxygen atoms in total. The molecule has 4 heteroatoms. The van der Waals surface area contributed by atoms with E-state index < -0.39 is 0 Å². The highest BCUT2D eigenvalue weighted by Crippen LogP contribution is 2.29. The van der Waals surface area contributed by atoms with Crippen molar-refractivity contribution in [3.05, 3.63) is 22.4 Å². The third-order valence-corrected chi connectivity index (χ3v) is 4.24. The van der Waals surface area contributed by atoms with Crippen LogP contribution in [0.4, 0.5) is 0 Å². The standard InChI is InChI=1S/C12H11NOS2/c1-2-3-4-6-13-12(14)11-8-10-9(16-11)5-7-15-10/h1,5,7-8H,3-4,6H2,(H,13,14). The first-order valence-corrected chi connectivity index (χ1v) is 6.69. The molecule has 0 aliphatic carbocycles. The molecule has 0 spiro atoms. The van der Waals surface area contributed by atoms with Gasteiger partial charge in [-0.2, -0.15) is 0 Å². The first-order chi connectivity index (χ1) is 7.81. The number of hydrogen-bond donors (Lipinski definition) is 1. The molecule has 0 fully saturated rings. The largest absolute Gasteiger partial charge is 0.351 e. The van der Waals surface area contributed by atoms with Crippen molar-refractivity contribution in [2.45, 2.75) is 12.8 Å². The minimum atomic E-state index is 0.00502. The minimum Gasteiger partial charge on any atom is -0.351 e. The lowest BCUT2D eigenvalue weighted by atomic mass is 10.3. The Hall–Kier alpha value is -1.31. The summed E-state index contributed by atoms with van der Waals surface area (Å²) in [6.07, 6.45) is 6.68. The average molecular weight is 249 g/mol. The Morgan fingerprint density at radius 2 is 2.38 bits per heavy atom. The summed E-state index contributed by atoms with van der Waals surface area (Å²) in [5.41, 5.74) is 0. The van der Waals surface area contributed by atoms with Gasteiger partial charge in [0.05, 0.1) is 4.88 Å². The Balaban J connectivity index is 1.95.